The molecular weight excluding hydrogens is 478 g/mol. The van der Waals surface area contributed by atoms with Gasteiger partial charge in [-0.15, -0.1) is 0 Å². The Labute approximate surface area is 208 Å². The van der Waals surface area contributed by atoms with Gasteiger partial charge in [0, 0.05) is 5.56 Å². The number of ether oxygens (including phenoxy) is 2. The molecule has 0 unspecified atom stereocenters. The smallest absolute Gasteiger partial charge is 0.337 e. The third kappa shape index (κ3) is 3.68. The van der Waals surface area contributed by atoms with E-state index in [2.05, 4.69) is 0 Å². The number of methoxy groups -OCH3 is 1. The van der Waals surface area contributed by atoms with Gasteiger partial charge in [-0.25, -0.2) is 13.2 Å². The SMILES string of the molecule is COC(=O)c1ccc([C@@H]2C(C#N)=C(N)OC3=C2S(=O)(=O)N(Cc2ccccc2)c2ccccc23)cc1. The number of anilines is 1. The monoisotopic (exact) mass is 499 g/mol. The van der Waals surface area contributed by atoms with Crippen LogP contribution in [0.3, 0.4) is 0 Å². The number of esters is 1. The maximum atomic E-state index is 14.2. The molecule has 2 heterocycles. The first-order chi connectivity index (χ1) is 17.4. The average Bonchev–Trinajstić information content (AvgIpc) is 2.90. The summed E-state index contributed by atoms with van der Waals surface area (Å²) in [5.74, 6) is -1.63. The van der Waals surface area contributed by atoms with Crippen molar-refractivity contribution < 1.29 is 22.7 Å². The molecule has 3 aromatic carbocycles. The van der Waals surface area contributed by atoms with Crippen molar-refractivity contribution in [1.29, 1.82) is 5.26 Å². The van der Waals surface area contributed by atoms with Crippen LogP contribution in [0.4, 0.5) is 5.69 Å². The fraction of sp³-hybridized carbons (Fsp3) is 0.111. The number of benzene rings is 3. The van der Waals surface area contributed by atoms with Crippen LogP contribution in [0.2, 0.25) is 0 Å². The van der Waals surface area contributed by atoms with Gasteiger partial charge in [-0.05, 0) is 35.4 Å². The number of rotatable bonds is 4. The zero-order valence-corrected chi connectivity index (χ0v) is 20.0. The second kappa shape index (κ2) is 8.91. The molecular formula is C27H21N3O5S. The molecule has 180 valence electrons. The number of nitrogens with two attached hydrogens (primary N) is 1. The molecule has 0 amide bonds. The quantitative estimate of drug-likeness (QED) is 0.538. The van der Waals surface area contributed by atoms with E-state index >= 15 is 0 Å². The van der Waals surface area contributed by atoms with Gasteiger partial charge in [0.2, 0.25) is 5.88 Å². The number of sulfonamides is 1. The van der Waals surface area contributed by atoms with Crippen molar-refractivity contribution in [2.75, 3.05) is 11.4 Å². The largest absolute Gasteiger partial charge is 0.465 e. The molecule has 0 saturated carbocycles. The number of para-hydroxylation sites is 1. The molecule has 1 atom stereocenters. The third-order valence-corrected chi connectivity index (χ3v) is 8.08. The van der Waals surface area contributed by atoms with Crippen molar-refractivity contribution in [2.24, 2.45) is 5.73 Å². The highest BCUT2D eigenvalue weighted by Crippen LogP contribution is 2.51. The molecule has 0 aliphatic carbocycles. The minimum atomic E-state index is -4.18. The van der Waals surface area contributed by atoms with Gasteiger partial charge in [0.05, 0.1) is 30.8 Å². The molecule has 8 nitrogen and oxygen atoms in total. The van der Waals surface area contributed by atoms with Crippen molar-refractivity contribution in [1.82, 2.24) is 0 Å². The number of carbonyl (C=O) groups excluding carboxylic acids is 1. The van der Waals surface area contributed by atoms with E-state index in [0.717, 1.165) is 5.56 Å². The molecule has 3 aromatic rings. The van der Waals surface area contributed by atoms with Gasteiger partial charge < -0.3 is 15.2 Å². The lowest BCUT2D eigenvalue weighted by Gasteiger charge is -2.38. The van der Waals surface area contributed by atoms with Crippen molar-refractivity contribution in [3.63, 3.8) is 0 Å². The molecule has 2 aliphatic rings. The van der Waals surface area contributed by atoms with Gasteiger partial charge in [0.25, 0.3) is 10.0 Å². The Kier molecular flexibility index (Phi) is 5.74. The predicted molar refractivity (Wildman–Crippen MR) is 133 cm³/mol. The highest BCUT2D eigenvalue weighted by Gasteiger charge is 2.47. The summed E-state index contributed by atoms with van der Waals surface area (Å²) >= 11 is 0. The molecule has 9 heteroatoms. The van der Waals surface area contributed by atoms with E-state index in [1.165, 1.54) is 23.5 Å². The lowest BCUT2D eigenvalue weighted by molar-refractivity contribution is 0.0600. The van der Waals surface area contributed by atoms with Crippen LogP contribution < -0.4 is 10.0 Å². The van der Waals surface area contributed by atoms with Gasteiger partial charge in [-0.2, -0.15) is 5.26 Å². The molecule has 0 spiro atoms. The van der Waals surface area contributed by atoms with Gasteiger partial charge in [-0.1, -0.05) is 54.6 Å². The standard InChI is InChI=1S/C27H21N3O5S/c1-34-27(31)19-13-11-18(12-14-19)23-21(15-28)26(29)35-24-20-9-5-6-10-22(20)30(36(32,33)25(23)24)16-17-7-3-2-4-8-17/h2-14,23H,16,29H2,1H3/t23-/m1/s1. The Bertz CT molecular complexity index is 1570. The Hall–Kier alpha value is -4.55. The zero-order chi connectivity index (χ0) is 25.4. The molecule has 0 aromatic heterocycles. The van der Waals surface area contributed by atoms with Crippen LogP contribution in [0, 0.1) is 11.3 Å². The topological polar surface area (TPSA) is 123 Å². The Morgan fingerprint density at radius 2 is 1.72 bits per heavy atom. The van der Waals surface area contributed by atoms with Crippen LogP contribution in [-0.2, 0) is 26.0 Å². The van der Waals surface area contributed by atoms with Crippen LogP contribution in [0.15, 0.2) is 95.2 Å². The summed E-state index contributed by atoms with van der Waals surface area (Å²) in [7, 11) is -2.90. The first-order valence-electron chi connectivity index (χ1n) is 11.0. The van der Waals surface area contributed by atoms with Gasteiger partial charge in [0.1, 0.15) is 16.5 Å². The van der Waals surface area contributed by atoms with Crippen LogP contribution in [0.25, 0.3) is 5.76 Å². The van der Waals surface area contributed by atoms with E-state index in [1.54, 1.807) is 36.4 Å². The number of hydrogen-bond acceptors (Lipinski definition) is 7. The molecule has 36 heavy (non-hydrogen) atoms. The van der Waals surface area contributed by atoms with E-state index in [4.69, 9.17) is 15.2 Å². The minimum Gasteiger partial charge on any atom is -0.465 e. The lowest BCUT2D eigenvalue weighted by Crippen LogP contribution is -2.39. The first kappa shape index (κ1) is 23.2. The number of nitrogens with zero attached hydrogens (tertiary/aromatic N) is 2. The fourth-order valence-corrected chi connectivity index (χ4v) is 6.40. The molecule has 0 saturated heterocycles. The van der Waals surface area contributed by atoms with Crippen molar-refractivity contribution in [3.8, 4) is 6.07 Å². The lowest BCUT2D eigenvalue weighted by atomic mass is 9.88. The Balaban J connectivity index is 1.72. The van der Waals surface area contributed by atoms with E-state index in [9.17, 15) is 18.5 Å². The van der Waals surface area contributed by atoms with Crippen LogP contribution in [-0.4, -0.2) is 21.5 Å². The molecule has 5 rings (SSSR count). The van der Waals surface area contributed by atoms with Crippen molar-refractivity contribution in [3.05, 3.63) is 117 Å². The van der Waals surface area contributed by atoms with E-state index in [1.807, 2.05) is 36.4 Å². The summed E-state index contributed by atoms with van der Waals surface area (Å²) < 4.78 is 40.4. The normalized spacial score (nSPS) is 18.0. The molecule has 0 fully saturated rings. The van der Waals surface area contributed by atoms with Gasteiger partial charge >= 0.3 is 5.97 Å². The summed E-state index contributed by atoms with van der Waals surface area (Å²) in [5.41, 5.74) is 8.68. The third-order valence-electron chi connectivity index (χ3n) is 6.19. The summed E-state index contributed by atoms with van der Waals surface area (Å²) in [4.78, 5) is 11.8. The van der Waals surface area contributed by atoms with Crippen LogP contribution >= 0.6 is 0 Å². The number of hydrogen-bond donors (Lipinski definition) is 1. The fourth-order valence-electron chi connectivity index (χ4n) is 4.49. The first-order valence-corrected chi connectivity index (χ1v) is 12.5. The molecule has 0 bridgehead atoms. The average molecular weight is 500 g/mol. The summed E-state index contributed by atoms with van der Waals surface area (Å²) in [6.45, 7) is 0.0893. The Morgan fingerprint density at radius 1 is 1.06 bits per heavy atom. The molecule has 0 radical (unpaired) electrons. The molecule has 2 aliphatic heterocycles. The number of nitriles is 1. The summed E-state index contributed by atoms with van der Waals surface area (Å²) in [6, 6.07) is 24.5. The molecule has 2 N–H and O–H groups in total. The van der Waals surface area contributed by atoms with Gasteiger partial charge in [0.15, 0.2) is 5.76 Å². The maximum Gasteiger partial charge on any atom is 0.337 e. The number of fused-ring (bicyclic) bond motifs is 2. The summed E-state index contributed by atoms with van der Waals surface area (Å²) in [6.07, 6.45) is 0. The van der Waals surface area contributed by atoms with E-state index in [0.29, 0.717) is 22.4 Å². The van der Waals surface area contributed by atoms with Crippen LogP contribution in [0.1, 0.15) is 33.0 Å². The highest BCUT2D eigenvalue weighted by molar-refractivity contribution is 7.96. The van der Waals surface area contributed by atoms with Crippen molar-refractivity contribution in [2.45, 2.75) is 12.5 Å². The zero-order valence-electron chi connectivity index (χ0n) is 19.2. The van der Waals surface area contributed by atoms with E-state index in [-0.39, 0.29) is 28.7 Å². The number of carbonyl (C=O) groups is 1. The maximum absolute atomic E-state index is 14.2. The second-order valence-corrected chi connectivity index (χ2v) is 10.1. The summed E-state index contributed by atoms with van der Waals surface area (Å²) in [5, 5.41) is 9.96. The van der Waals surface area contributed by atoms with Crippen molar-refractivity contribution >= 4 is 27.4 Å². The minimum absolute atomic E-state index is 0.0258. The Morgan fingerprint density at radius 3 is 2.39 bits per heavy atom. The van der Waals surface area contributed by atoms with E-state index < -0.39 is 21.9 Å². The predicted octanol–water partition coefficient (Wildman–Crippen LogP) is 4.00. The second-order valence-electron chi connectivity index (χ2n) is 8.25. The van der Waals surface area contributed by atoms with Crippen LogP contribution in [0.5, 0.6) is 0 Å². The number of allylic oxidation sites excluding steroid dienone is 2. The highest BCUT2D eigenvalue weighted by atomic mass is 32.2. The van der Waals surface area contributed by atoms with Gasteiger partial charge in [-0.3, -0.25) is 4.31 Å².